The Hall–Kier alpha value is -0.570. The van der Waals surface area contributed by atoms with Gasteiger partial charge in [0.05, 0.1) is 6.04 Å². The first kappa shape index (κ1) is 5.43. The Balaban J connectivity index is 3.26. The summed E-state index contributed by atoms with van der Waals surface area (Å²) in [5, 5.41) is 0. The highest BCUT2D eigenvalue weighted by atomic mass is 16.1. The zero-order chi connectivity index (χ0) is 5.15. The third kappa shape index (κ3) is 1.72. The van der Waals surface area contributed by atoms with Crippen molar-refractivity contribution in [2.24, 2.45) is 5.73 Å². The fourth-order valence-electron chi connectivity index (χ4n) is 0. The molecule has 6 heavy (non-hydrogen) atoms. The molecule has 0 aromatic carbocycles. The van der Waals surface area contributed by atoms with E-state index in [1.165, 1.54) is 6.92 Å². The second kappa shape index (κ2) is 1.77. The zero-order valence-electron chi connectivity index (χ0n) is 3.56. The number of carbonyl (C=O) groups excluding carboxylic acids is 1. The molecule has 1 atom stereocenters. The molecule has 0 bridgehead atoms. The second-order valence-electron chi connectivity index (χ2n) is 1.12. The van der Waals surface area contributed by atoms with Crippen molar-refractivity contribution >= 4 is 5.91 Å². The largest absolute Gasteiger partial charge is 0.368 e. The van der Waals surface area contributed by atoms with E-state index in [2.05, 4.69) is 5.73 Å². The number of primary amides is 1. The SMILES string of the molecule is CC([NH])C(N)=O. The Morgan fingerprint density at radius 2 is 2.17 bits per heavy atom. The summed E-state index contributed by atoms with van der Waals surface area (Å²) in [5.74, 6) is -0.574. The van der Waals surface area contributed by atoms with Crippen LogP contribution in [0.2, 0.25) is 0 Å². The van der Waals surface area contributed by atoms with Crippen LogP contribution in [0.3, 0.4) is 0 Å². The summed E-state index contributed by atoms with van der Waals surface area (Å²) < 4.78 is 0. The van der Waals surface area contributed by atoms with Crippen molar-refractivity contribution in [3.05, 3.63) is 0 Å². The lowest BCUT2D eigenvalue weighted by Crippen LogP contribution is -2.26. The molecule has 0 aliphatic carbocycles. The highest BCUT2D eigenvalue weighted by Gasteiger charge is 1.97. The summed E-state index contributed by atoms with van der Waals surface area (Å²) in [6, 6.07) is -0.759. The molecule has 1 unspecified atom stereocenters. The third-order valence-electron chi connectivity index (χ3n) is 0.427. The van der Waals surface area contributed by atoms with Crippen molar-refractivity contribution in [3.8, 4) is 0 Å². The number of amides is 1. The monoisotopic (exact) mass is 87.1 g/mol. The predicted molar refractivity (Wildman–Crippen MR) is 21.8 cm³/mol. The van der Waals surface area contributed by atoms with Crippen LogP contribution in [0, 0.1) is 0 Å². The molecular weight excluding hydrogens is 80.0 g/mol. The number of rotatable bonds is 1. The van der Waals surface area contributed by atoms with Gasteiger partial charge in [-0.1, -0.05) is 0 Å². The van der Waals surface area contributed by atoms with Crippen LogP contribution in [0.1, 0.15) is 6.92 Å². The van der Waals surface area contributed by atoms with Crippen LogP contribution in [0.15, 0.2) is 0 Å². The van der Waals surface area contributed by atoms with Gasteiger partial charge in [0.15, 0.2) is 0 Å². The van der Waals surface area contributed by atoms with Gasteiger partial charge in [0.1, 0.15) is 0 Å². The van der Waals surface area contributed by atoms with E-state index in [0.29, 0.717) is 0 Å². The molecule has 3 nitrogen and oxygen atoms in total. The topological polar surface area (TPSA) is 66.9 Å². The Kier molecular flexibility index (Phi) is 1.60. The first-order valence-electron chi connectivity index (χ1n) is 1.65. The van der Waals surface area contributed by atoms with Gasteiger partial charge in [-0.3, -0.25) is 4.79 Å². The van der Waals surface area contributed by atoms with Crippen LogP contribution in [-0.2, 0) is 4.79 Å². The minimum atomic E-state index is -0.759. The maximum atomic E-state index is 9.73. The molecule has 0 aromatic rings. The van der Waals surface area contributed by atoms with Gasteiger partial charge in [-0.05, 0) is 6.92 Å². The van der Waals surface area contributed by atoms with Crippen LogP contribution < -0.4 is 11.5 Å². The lowest BCUT2D eigenvalue weighted by Gasteiger charge is -1.90. The van der Waals surface area contributed by atoms with Crippen LogP contribution in [0.25, 0.3) is 0 Å². The smallest absolute Gasteiger partial charge is 0.235 e. The standard InChI is InChI=1S/C3H7N2O/c1-2(4)3(5)6/h2,4H,1H3,(H2,5,6). The molecule has 0 fully saturated rings. The lowest BCUT2D eigenvalue weighted by molar-refractivity contribution is -0.119. The zero-order valence-corrected chi connectivity index (χ0v) is 3.56. The maximum absolute atomic E-state index is 9.73. The number of carbonyl (C=O) groups is 1. The normalized spacial score (nSPS) is 13.7. The van der Waals surface area contributed by atoms with Gasteiger partial charge in [0.25, 0.3) is 0 Å². The van der Waals surface area contributed by atoms with Gasteiger partial charge in [0.2, 0.25) is 5.91 Å². The van der Waals surface area contributed by atoms with Crippen molar-refractivity contribution in [1.82, 2.24) is 5.73 Å². The molecule has 0 heterocycles. The van der Waals surface area contributed by atoms with Crippen LogP contribution >= 0.6 is 0 Å². The quantitative estimate of drug-likeness (QED) is 0.444. The minimum absolute atomic E-state index is 0.574. The number of nitrogens with two attached hydrogens (primary N) is 1. The maximum Gasteiger partial charge on any atom is 0.235 e. The van der Waals surface area contributed by atoms with Crippen LogP contribution in [-0.4, -0.2) is 11.9 Å². The molecule has 3 heteroatoms. The third-order valence-corrected chi connectivity index (χ3v) is 0.427. The fraction of sp³-hybridized carbons (Fsp3) is 0.667. The van der Waals surface area contributed by atoms with E-state index in [0.717, 1.165) is 0 Å². The summed E-state index contributed by atoms with van der Waals surface area (Å²) in [7, 11) is 0. The predicted octanol–water partition coefficient (Wildman–Crippen LogP) is -0.857. The van der Waals surface area contributed by atoms with Crippen molar-refractivity contribution in [2.45, 2.75) is 13.0 Å². The molecule has 0 saturated heterocycles. The molecule has 0 rings (SSSR count). The van der Waals surface area contributed by atoms with E-state index in [1.54, 1.807) is 0 Å². The Morgan fingerprint density at radius 1 is 2.00 bits per heavy atom. The average molecular weight is 87.1 g/mol. The molecule has 3 N–H and O–H groups in total. The van der Waals surface area contributed by atoms with E-state index in [9.17, 15) is 4.79 Å². The van der Waals surface area contributed by atoms with E-state index < -0.39 is 11.9 Å². The second-order valence-corrected chi connectivity index (χ2v) is 1.12. The molecular formula is C3H7N2O. The number of hydrogen-bond donors (Lipinski definition) is 1. The summed E-state index contributed by atoms with van der Waals surface area (Å²) in [6.45, 7) is 1.43. The van der Waals surface area contributed by atoms with Crippen molar-refractivity contribution in [2.75, 3.05) is 0 Å². The van der Waals surface area contributed by atoms with Gasteiger partial charge >= 0.3 is 0 Å². The molecule has 35 valence electrons. The van der Waals surface area contributed by atoms with Gasteiger partial charge in [-0.2, -0.15) is 0 Å². The molecule has 0 aliphatic heterocycles. The highest BCUT2D eigenvalue weighted by Crippen LogP contribution is 1.68. The van der Waals surface area contributed by atoms with Gasteiger partial charge in [-0.25, -0.2) is 5.73 Å². The number of nitrogens with one attached hydrogen (secondary N) is 1. The number of hydrogen-bond acceptors (Lipinski definition) is 1. The first-order valence-corrected chi connectivity index (χ1v) is 1.65. The summed E-state index contributed by atoms with van der Waals surface area (Å²) in [5.41, 5.74) is 11.2. The van der Waals surface area contributed by atoms with Crippen LogP contribution in [0.4, 0.5) is 0 Å². The van der Waals surface area contributed by atoms with Gasteiger partial charge in [0, 0.05) is 0 Å². The molecule has 1 amide bonds. The summed E-state index contributed by atoms with van der Waals surface area (Å²) in [4.78, 5) is 9.73. The van der Waals surface area contributed by atoms with E-state index in [4.69, 9.17) is 5.73 Å². The fourth-order valence-corrected chi connectivity index (χ4v) is 0. The molecule has 0 aliphatic rings. The lowest BCUT2D eigenvalue weighted by atomic mass is 10.4. The van der Waals surface area contributed by atoms with Crippen molar-refractivity contribution in [1.29, 1.82) is 0 Å². The van der Waals surface area contributed by atoms with E-state index >= 15 is 0 Å². The van der Waals surface area contributed by atoms with Crippen molar-refractivity contribution < 1.29 is 4.79 Å². The molecule has 1 radical (unpaired) electrons. The van der Waals surface area contributed by atoms with Gasteiger partial charge in [-0.15, -0.1) is 0 Å². The summed E-state index contributed by atoms with van der Waals surface area (Å²) >= 11 is 0. The summed E-state index contributed by atoms with van der Waals surface area (Å²) in [6.07, 6.45) is 0. The van der Waals surface area contributed by atoms with Gasteiger partial charge < -0.3 is 5.73 Å². The van der Waals surface area contributed by atoms with E-state index in [1.807, 2.05) is 0 Å². The average Bonchev–Trinajstić information content (AvgIpc) is 1.36. The first-order chi connectivity index (χ1) is 2.64. The Morgan fingerprint density at radius 3 is 2.17 bits per heavy atom. The van der Waals surface area contributed by atoms with Crippen LogP contribution in [0.5, 0.6) is 0 Å². The van der Waals surface area contributed by atoms with E-state index in [-0.39, 0.29) is 0 Å². The highest BCUT2D eigenvalue weighted by molar-refractivity contribution is 5.78. The molecule has 0 saturated carbocycles. The molecule has 0 spiro atoms. The molecule has 0 aromatic heterocycles. The van der Waals surface area contributed by atoms with Crippen molar-refractivity contribution in [3.63, 3.8) is 0 Å². The Bertz CT molecular complexity index is 59.8. The minimum Gasteiger partial charge on any atom is -0.368 e. The Labute approximate surface area is 36.3 Å².